The Morgan fingerprint density at radius 2 is 1.86 bits per heavy atom. The average molecular weight is 623 g/mol. The van der Waals surface area contributed by atoms with Gasteiger partial charge in [-0.15, -0.1) is 11.3 Å². The molecular formula is C35H46N2O6S. The molecule has 44 heavy (non-hydrogen) atoms. The van der Waals surface area contributed by atoms with Gasteiger partial charge in [0, 0.05) is 36.2 Å². The van der Waals surface area contributed by atoms with Gasteiger partial charge in [-0.05, 0) is 103 Å². The van der Waals surface area contributed by atoms with Gasteiger partial charge in [-0.1, -0.05) is 24.8 Å². The highest BCUT2D eigenvalue weighted by molar-refractivity contribution is 7.15. The number of thiophene rings is 1. The van der Waals surface area contributed by atoms with Gasteiger partial charge >= 0.3 is 5.97 Å². The number of aromatic nitrogens is 1. The molecule has 238 valence electrons. The molecule has 1 N–H and O–H groups in total. The lowest BCUT2D eigenvalue weighted by Crippen LogP contribution is -2.47. The molecule has 2 aromatic rings. The number of anilines is 1. The van der Waals surface area contributed by atoms with E-state index in [0.29, 0.717) is 29.0 Å². The SMILES string of the molecule is CC1CCC(C(=O)N(c2cc(C#CC(C)(C)COC3CCCCO3)sc2C(=O)O)C2CCC(Oc3ccccn3)CC2)CC1. The summed E-state index contributed by atoms with van der Waals surface area (Å²) in [5, 5.41) is 10.3. The first kappa shape index (κ1) is 32.5. The van der Waals surface area contributed by atoms with Crippen LogP contribution in [0.15, 0.2) is 30.5 Å². The first-order valence-electron chi connectivity index (χ1n) is 16.2. The number of amides is 1. The molecule has 0 spiro atoms. The molecule has 0 bridgehead atoms. The number of carboxylic acids is 1. The van der Waals surface area contributed by atoms with Crippen LogP contribution in [0.25, 0.3) is 0 Å². The van der Waals surface area contributed by atoms with E-state index in [0.717, 1.165) is 88.6 Å². The minimum atomic E-state index is -1.03. The zero-order valence-corrected chi connectivity index (χ0v) is 27.1. The summed E-state index contributed by atoms with van der Waals surface area (Å²) in [6.45, 7) is 7.41. The number of ether oxygens (including phenoxy) is 3. The van der Waals surface area contributed by atoms with Crippen LogP contribution >= 0.6 is 11.3 Å². The van der Waals surface area contributed by atoms with Crippen LogP contribution in [0.4, 0.5) is 5.69 Å². The molecule has 3 aliphatic rings. The molecule has 3 heterocycles. The van der Waals surface area contributed by atoms with E-state index in [1.165, 1.54) is 0 Å². The summed E-state index contributed by atoms with van der Waals surface area (Å²) >= 11 is 1.15. The molecule has 0 aromatic carbocycles. The summed E-state index contributed by atoms with van der Waals surface area (Å²) < 4.78 is 17.8. The predicted octanol–water partition coefficient (Wildman–Crippen LogP) is 7.31. The highest BCUT2D eigenvalue weighted by Crippen LogP contribution is 2.39. The number of carbonyl (C=O) groups is 2. The molecule has 1 unspecified atom stereocenters. The maximum Gasteiger partial charge on any atom is 0.348 e. The molecule has 1 saturated heterocycles. The third-order valence-electron chi connectivity index (χ3n) is 8.99. The van der Waals surface area contributed by atoms with Crippen molar-refractivity contribution < 1.29 is 28.9 Å². The fourth-order valence-electron chi connectivity index (χ4n) is 6.39. The summed E-state index contributed by atoms with van der Waals surface area (Å²) in [5.41, 5.74) is 0.0310. The second-order valence-corrected chi connectivity index (χ2v) is 14.3. The van der Waals surface area contributed by atoms with Gasteiger partial charge in [0.15, 0.2) is 6.29 Å². The van der Waals surface area contributed by atoms with Crippen molar-refractivity contribution in [3.63, 3.8) is 0 Å². The van der Waals surface area contributed by atoms with Crippen LogP contribution in [0.3, 0.4) is 0 Å². The van der Waals surface area contributed by atoms with Crippen LogP contribution in [0.2, 0.25) is 0 Å². The molecule has 1 aliphatic heterocycles. The van der Waals surface area contributed by atoms with Gasteiger partial charge in [0.05, 0.1) is 17.2 Å². The van der Waals surface area contributed by atoms with Crippen LogP contribution in [-0.2, 0) is 14.3 Å². The van der Waals surface area contributed by atoms with E-state index in [1.807, 2.05) is 43.0 Å². The number of hydrogen-bond donors (Lipinski definition) is 1. The van der Waals surface area contributed by atoms with Crippen molar-refractivity contribution in [1.82, 2.24) is 4.98 Å². The van der Waals surface area contributed by atoms with E-state index >= 15 is 0 Å². The molecular weight excluding hydrogens is 576 g/mol. The normalized spacial score (nSPS) is 25.8. The molecule has 8 nitrogen and oxygen atoms in total. The molecule has 0 radical (unpaired) electrons. The van der Waals surface area contributed by atoms with Crippen molar-refractivity contribution in [3.05, 3.63) is 40.2 Å². The quantitative estimate of drug-likeness (QED) is 0.293. The average Bonchev–Trinajstić information content (AvgIpc) is 3.46. The summed E-state index contributed by atoms with van der Waals surface area (Å²) in [4.78, 5) is 33.7. The Balaban J connectivity index is 1.36. The van der Waals surface area contributed by atoms with Gasteiger partial charge in [-0.25, -0.2) is 9.78 Å². The smallest absolute Gasteiger partial charge is 0.348 e. The fourth-order valence-corrected chi connectivity index (χ4v) is 7.24. The van der Waals surface area contributed by atoms with Gasteiger partial charge in [0.1, 0.15) is 11.0 Å². The van der Waals surface area contributed by atoms with E-state index in [2.05, 4.69) is 23.7 Å². The monoisotopic (exact) mass is 622 g/mol. The molecule has 3 fully saturated rings. The van der Waals surface area contributed by atoms with Crippen molar-refractivity contribution >= 4 is 28.9 Å². The summed E-state index contributed by atoms with van der Waals surface area (Å²) in [7, 11) is 0. The van der Waals surface area contributed by atoms with Crippen molar-refractivity contribution in [3.8, 4) is 17.7 Å². The molecule has 2 saturated carbocycles. The second-order valence-electron chi connectivity index (χ2n) is 13.3. The lowest BCUT2D eigenvalue weighted by molar-refractivity contribution is -0.171. The third kappa shape index (κ3) is 8.62. The summed E-state index contributed by atoms with van der Waals surface area (Å²) in [6.07, 6.45) is 11.3. The number of aromatic carboxylic acids is 1. The van der Waals surface area contributed by atoms with Crippen LogP contribution in [0, 0.1) is 29.1 Å². The van der Waals surface area contributed by atoms with E-state index < -0.39 is 11.4 Å². The van der Waals surface area contributed by atoms with Crippen molar-refractivity contribution in [1.29, 1.82) is 0 Å². The standard InChI is InChI=1S/C35H46N2O6S/c1-24-10-12-25(13-11-24)33(38)37(26-14-16-27(17-15-26)43-30-8-4-6-20-36-30)29-22-28(44-32(29)34(39)40)18-19-35(2,3)23-42-31-9-5-7-21-41-31/h4,6,8,20,22,24-27,31H,5,7,9-17,21,23H2,1-3H3,(H,39,40). The second kappa shape index (κ2) is 14.9. The minimum absolute atomic E-state index is 0.0138. The van der Waals surface area contributed by atoms with Gasteiger partial charge in [-0.3, -0.25) is 4.79 Å². The first-order chi connectivity index (χ1) is 21.2. The maximum atomic E-state index is 14.2. The van der Waals surface area contributed by atoms with Gasteiger partial charge in [0.25, 0.3) is 0 Å². The summed E-state index contributed by atoms with van der Waals surface area (Å²) in [6, 6.07) is 7.35. The highest BCUT2D eigenvalue weighted by atomic mass is 32.1. The minimum Gasteiger partial charge on any atom is -0.477 e. The number of hydrogen-bond acceptors (Lipinski definition) is 7. The zero-order valence-electron chi connectivity index (χ0n) is 26.3. The highest BCUT2D eigenvalue weighted by Gasteiger charge is 2.38. The Labute approximate surface area is 265 Å². The van der Waals surface area contributed by atoms with Crippen molar-refractivity contribution in [2.24, 2.45) is 17.3 Å². The number of pyridine rings is 1. The Morgan fingerprint density at radius 1 is 1.09 bits per heavy atom. The number of carboxylic acid groups (broad SMARTS) is 1. The number of rotatable bonds is 9. The van der Waals surface area contributed by atoms with E-state index in [9.17, 15) is 14.7 Å². The lowest BCUT2D eigenvalue weighted by Gasteiger charge is -2.39. The van der Waals surface area contributed by atoms with Gasteiger partial charge in [-0.2, -0.15) is 0 Å². The molecule has 9 heteroatoms. The summed E-state index contributed by atoms with van der Waals surface area (Å²) in [5.74, 6) is 6.67. The van der Waals surface area contributed by atoms with Crippen LogP contribution in [0.1, 0.15) is 106 Å². The van der Waals surface area contributed by atoms with Crippen LogP contribution in [0.5, 0.6) is 5.88 Å². The van der Waals surface area contributed by atoms with Crippen LogP contribution in [-0.4, -0.2) is 53.6 Å². The van der Waals surface area contributed by atoms with E-state index in [4.69, 9.17) is 14.2 Å². The van der Waals surface area contributed by atoms with Crippen molar-refractivity contribution in [2.75, 3.05) is 18.1 Å². The topological polar surface area (TPSA) is 98.2 Å². The zero-order chi connectivity index (χ0) is 31.1. The van der Waals surface area contributed by atoms with E-state index in [-0.39, 0.29) is 35.1 Å². The van der Waals surface area contributed by atoms with Gasteiger partial charge < -0.3 is 24.2 Å². The fraction of sp³-hybridized carbons (Fsp3) is 0.629. The molecule has 1 amide bonds. The Hall–Kier alpha value is -2.93. The molecule has 1 atom stereocenters. The Morgan fingerprint density at radius 3 is 2.52 bits per heavy atom. The lowest BCUT2D eigenvalue weighted by atomic mass is 9.81. The predicted molar refractivity (Wildman–Crippen MR) is 171 cm³/mol. The maximum absolute atomic E-state index is 14.2. The van der Waals surface area contributed by atoms with Crippen LogP contribution < -0.4 is 9.64 Å². The Kier molecular flexibility index (Phi) is 11.0. The number of nitrogens with zero attached hydrogens (tertiary/aromatic N) is 2. The molecule has 5 rings (SSSR count). The third-order valence-corrected chi connectivity index (χ3v) is 10.0. The Bertz CT molecular complexity index is 1310. The number of carbonyl (C=O) groups excluding carboxylic acids is 1. The molecule has 2 aliphatic carbocycles. The first-order valence-corrected chi connectivity index (χ1v) is 17.0. The van der Waals surface area contributed by atoms with E-state index in [1.54, 1.807) is 6.20 Å². The van der Waals surface area contributed by atoms with Gasteiger partial charge in [0.2, 0.25) is 11.8 Å². The van der Waals surface area contributed by atoms with Crippen molar-refractivity contribution in [2.45, 2.75) is 110 Å². The largest absolute Gasteiger partial charge is 0.477 e. The molecule has 2 aromatic heterocycles.